The molecule has 0 aliphatic carbocycles. The number of rotatable bonds is 5. The summed E-state index contributed by atoms with van der Waals surface area (Å²) in [5.74, 6) is 0.291. The van der Waals surface area contributed by atoms with Gasteiger partial charge in [0.2, 0.25) is 0 Å². The second-order valence-electron chi connectivity index (χ2n) is 3.83. The van der Waals surface area contributed by atoms with Crippen molar-refractivity contribution in [1.82, 2.24) is 9.55 Å². The molecule has 6 nitrogen and oxygen atoms in total. The van der Waals surface area contributed by atoms with Crippen LogP contribution < -0.4 is 4.74 Å². The summed E-state index contributed by atoms with van der Waals surface area (Å²) < 4.78 is 7.44. The summed E-state index contributed by atoms with van der Waals surface area (Å²) in [7, 11) is 0. The fraction of sp³-hybridized carbons (Fsp3) is 0.250. The predicted molar refractivity (Wildman–Crippen MR) is 70.3 cm³/mol. The Bertz CT molecular complexity index is 598. The maximum atomic E-state index is 10.7. The minimum atomic E-state index is -0.487. The van der Waals surface area contributed by atoms with Gasteiger partial charge in [-0.05, 0) is 13.0 Å². The van der Waals surface area contributed by atoms with E-state index in [1.165, 1.54) is 18.2 Å². The average molecular weight is 282 g/mol. The zero-order valence-corrected chi connectivity index (χ0v) is 11.0. The standard InChI is InChI=1S/C12H12ClN3O3/c1-2-15-8-14-6-10(15)7-19-12-5-9(16(17)18)3-4-11(12)13/h3-6,8H,2,7H2,1H3. The lowest BCUT2D eigenvalue weighted by atomic mass is 10.3. The summed E-state index contributed by atoms with van der Waals surface area (Å²) in [6, 6.07) is 4.10. The van der Waals surface area contributed by atoms with Crippen molar-refractivity contribution in [2.75, 3.05) is 0 Å². The number of aryl methyl sites for hydroxylation is 1. The van der Waals surface area contributed by atoms with Crippen LogP contribution in [0.15, 0.2) is 30.7 Å². The molecule has 0 unspecified atom stereocenters. The number of nitrogens with zero attached hydrogens (tertiary/aromatic N) is 3. The second kappa shape index (κ2) is 5.71. The summed E-state index contributed by atoms with van der Waals surface area (Å²) in [5, 5.41) is 11.0. The van der Waals surface area contributed by atoms with Crippen molar-refractivity contribution in [3.8, 4) is 5.75 Å². The van der Waals surface area contributed by atoms with Crippen LogP contribution in [0, 0.1) is 10.1 Å². The van der Waals surface area contributed by atoms with Gasteiger partial charge >= 0.3 is 0 Å². The van der Waals surface area contributed by atoms with Gasteiger partial charge in [-0.3, -0.25) is 10.1 Å². The van der Waals surface area contributed by atoms with Crippen molar-refractivity contribution in [3.05, 3.63) is 51.6 Å². The zero-order chi connectivity index (χ0) is 13.8. The van der Waals surface area contributed by atoms with Crippen LogP contribution in [0.4, 0.5) is 5.69 Å². The van der Waals surface area contributed by atoms with Crippen molar-refractivity contribution in [2.24, 2.45) is 0 Å². The number of imidazole rings is 1. The van der Waals surface area contributed by atoms with Crippen LogP contribution in [-0.2, 0) is 13.2 Å². The summed E-state index contributed by atoms with van der Waals surface area (Å²) in [6.07, 6.45) is 3.39. The lowest BCUT2D eigenvalue weighted by Crippen LogP contribution is -2.04. The molecular formula is C12H12ClN3O3. The van der Waals surface area contributed by atoms with Gasteiger partial charge in [0, 0.05) is 12.6 Å². The molecule has 1 heterocycles. The quantitative estimate of drug-likeness (QED) is 0.624. The molecule has 0 amide bonds. The van der Waals surface area contributed by atoms with Crippen LogP contribution in [0.5, 0.6) is 5.75 Å². The Kier molecular flexibility index (Phi) is 4.01. The number of non-ortho nitro benzene ring substituents is 1. The Morgan fingerprint density at radius 1 is 1.53 bits per heavy atom. The molecule has 7 heteroatoms. The van der Waals surface area contributed by atoms with Crippen molar-refractivity contribution in [1.29, 1.82) is 0 Å². The number of aromatic nitrogens is 2. The highest BCUT2D eigenvalue weighted by molar-refractivity contribution is 6.32. The number of hydrogen-bond acceptors (Lipinski definition) is 4. The SMILES string of the molecule is CCn1cncc1COc1cc([N+](=O)[O-])ccc1Cl. The van der Waals surface area contributed by atoms with Gasteiger partial charge < -0.3 is 9.30 Å². The third kappa shape index (κ3) is 3.03. The summed E-state index contributed by atoms with van der Waals surface area (Å²) in [6.45, 7) is 3.03. The first-order valence-electron chi connectivity index (χ1n) is 5.67. The molecule has 0 fully saturated rings. The molecule has 0 aliphatic rings. The van der Waals surface area contributed by atoms with E-state index >= 15 is 0 Å². The van der Waals surface area contributed by atoms with Gasteiger partial charge in [-0.1, -0.05) is 11.6 Å². The van der Waals surface area contributed by atoms with Gasteiger partial charge in [0.1, 0.15) is 12.4 Å². The van der Waals surface area contributed by atoms with Crippen molar-refractivity contribution in [3.63, 3.8) is 0 Å². The van der Waals surface area contributed by atoms with E-state index in [9.17, 15) is 10.1 Å². The molecule has 0 saturated heterocycles. The highest BCUT2D eigenvalue weighted by atomic mass is 35.5. The van der Waals surface area contributed by atoms with Crippen molar-refractivity contribution < 1.29 is 9.66 Å². The minimum absolute atomic E-state index is 0.0524. The molecule has 0 radical (unpaired) electrons. The second-order valence-corrected chi connectivity index (χ2v) is 4.24. The number of nitro groups is 1. The molecule has 0 bridgehead atoms. The molecule has 0 spiro atoms. The lowest BCUT2D eigenvalue weighted by Gasteiger charge is -2.09. The fourth-order valence-corrected chi connectivity index (χ4v) is 1.79. The number of ether oxygens (including phenoxy) is 1. The van der Waals surface area contributed by atoms with Gasteiger partial charge in [0.15, 0.2) is 0 Å². The smallest absolute Gasteiger partial charge is 0.273 e. The van der Waals surface area contributed by atoms with Crippen LogP contribution >= 0.6 is 11.6 Å². The van der Waals surface area contributed by atoms with E-state index in [2.05, 4.69) is 4.98 Å². The monoisotopic (exact) mass is 281 g/mol. The van der Waals surface area contributed by atoms with Crippen LogP contribution in [-0.4, -0.2) is 14.5 Å². The van der Waals surface area contributed by atoms with Gasteiger partial charge in [0.25, 0.3) is 5.69 Å². The molecule has 0 N–H and O–H groups in total. The van der Waals surface area contributed by atoms with Gasteiger partial charge in [0.05, 0.1) is 34.2 Å². The van der Waals surface area contributed by atoms with Gasteiger partial charge in [-0.2, -0.15) is 0 Å². The predicted octanol–water partition coefficient (Wildman–Crippen LogP) is 3.04. The Hall–Kier alpha value is -2.08. The molecule has 1 aromatic carbocycles. The molecule has 100 valence electrons. The number of halogens is 1. The Labute approximate surface area is 114 Å². The number of nitro benzene ring substituents is 1. The largest absolute Gasteiger partial charge is 0.485 e. The minimum Gasteiger partial charge on any atom is -0.485 e. The Morgan fingerprint density at radius 3 is 3.00 bits per heavy atom. The van der Waals surface area contributed by atoms with E-state index in [0.717, 1.165) is 12.2 Å². The third-order valence-corrected chi connectivity index (χ3v) is 2.95. The first-order chi connectivity index (χ1) is 9.11. The molecule has 2 aromatic rings. The molecule has 0 aliphatic heterocycles. The maximum Gasteiger partial charge on any atom is 0.273 e. The molecule has 19 heavy (non-hydrogen) atoms. The van der Waals surface area contributed by atoms with Crippen LogP contribution in [0.1, 0.15) is 12.6 Å². The van der Waals surface area contributed by atoms with Crippen LogP contribution in [0.3, 0.4) is 0 Å². The van der Waals surface area contributed by atoms with Crippen molar-refractivity contribution >= 4 is 17.3 Å². The first kappa shape index (κ1) is 13.4. The highest BCUT2D eigenvalue weighted by Crippen LogP contribution is 2.29. The maximum absolute atomic E-state index is 10.7. The third-order valence-electron chi connectivity index (χ3n) is 2.64. The summed E-state index contributed by atoms with van der Waals surface area (Å²) in [5.41, 5.74) is 0.827. The van der Waals surface area contributed by atoms with E-state index < -0.39 is 4.92 Å². The first-order valence-corrected chi connectivity index (χ1v) is 6.05. The zero-order valence-electron chi connectivity index (χ0n) is 10.2. The number of hydrogen-bond donors (Lipinski definition) is 0. The Morgan fingerprint density at radius 2 is 2.32 bits per heavy atom. The molecular weight excluding hydrogens is 270 g/mol. The molecule has 1 aromatic heterocycles. The van der Waals surface area contributed by atoms with E-state index in [1.54, 1.807) is 12.5 Å². The van der Waals surface area contributed by atoms with E-state index in [-0.39, 0.29) is 12.3 Å². The molecule has 2 rings (SSSR count). The Balaban J connectivity index is 2.15. The van der Waals surface area contributed by atoms with Gasteiger partial charge in [-0.25, -0.2) is 4.98 Å². The van der Waals surface area contributed by atoms with E-state index in [4.69, 9.17) is 16.3 Å². The number of benzene rings is 1. The summed E-state index contributed by atoms with van der Waals surface area (Å²) in [4.78, 5) is 14.2. The van der Waals surface area contributed by atoms with Crippen LogP contribution in [0.25, 0.3) is 0 Å². The van der Waals surface area contributed by atoms with Gasteiger partial charge in [-0.15, -0.1) is 0 Å². The highest BCUT2D eigenvalue weighted by Gasteiger charge is 2.11. The lowest BCUT2D eigenvalue weighted by molar-refractivity contribution is -0.384. The van der Waals surface area contributed by atoms with Crippen molar-refractivity contribution in [2.45, 2.75) is 20.1 Å². The van der Waals surface area contributed by atoms with E-state index in [1.807, 2.05) is 11.5 Å². The molecule has 0 atom stereocenters. The molecule has 0 saturated carbocycles. The topological polar surface area (TPSA) is 70.2 Å². The normalized spacial score (nSPS) is 10.4. The average Bonchev–Trinajstić information content (AvgIpc) is 2.85. The van der Waals surface area contributed by atoms with E-state index in [0.29, 0.717) is 10.8 Å². The fourth-order valence-electron chi connectivity index (χ4n) is 1.62. The van der Waals surface area contributed by atoms with Crippen LogP contribution in [0.2, 0.25) is 5.02 Å². The summed E-state index contributed by atoms with van der Waals surface area (Å²) >= 11 is 5.94.